The topological polar surface area (TPSA) is 20.3 Å². The fraction of sp³-hybridized carbons (Fsp3) is 0.0625. The molecule has 2 nitrogen and oxygen atoms in total. The van der Waals surface area contributed by atoms with E-state index in [1.165, 1.54) is 0 Å². The van der Waals surface area contributed by atoms with Gasteiger partial charge in [0.15, 0.2) is 0 Å². The van der Waals surface area contributed by atoms with Gasteiger partial charge in [-0.15, -0.1) is 0 Å². The van der Waals surface area contributed by atoms with Crippen LogP contribution in [0.3, 0.4) is 0 Å². The molecule has 2 aromatic carbocycles. The third-order valence-electron chi connectivity index (χ3n) is 2.63. The highest BCUT2D eigenvalue weighted by Crippen LogP contribution is 2.26. The van der Waals surface area contributed by atoms with Gasteiger partial charge in [0.05, 0.1) is 0 Å². The van der Waals surface area contributed by atoms with Crippen molar-refractivity contribution in [2.75, 3.05) is 4.90 Å². The number of halogens is 1. The van der Waals surface area contributed by atoms with E-state index in [-0.39, 0.29) is 5.91 Å². The quantitative estimate of drug-likeness (QED) is 0.748. The second-order valence-electron chi connectivity index (χ2n) is 3.99. The van der Waals surface area contributed by atoms with Crippen molar-refractivity contribution in [1.82, 2.24) is 0 Å². The van der Waals surface area contributed by atoms with Gasteiger partial charge in [-0.25, -0.2) is 0 Å². The van der Waals surface area contributed by atoms with E-state index in [0.717, 1.165) is 11.4 Å². The minimum atomic E-state index is -0.0870. The summed E-state index contributed by atoms with van der Waals surface area (Å²) >= 11 is 5.89. The lowest BCUT2D eigenvalue weighted by Gasteiger charge is -2.21. The van der Waals surface area contributed by atoms with Gasteiger partial charge in [0.25, 0.3) is 5.91 Å². The molecule has 2 aromatic rings. The van der Waals surface area contributed by atoms with Gasteiger partial charge in [-0.3, -0.25) is 9.69 Å². The third kappa shape index (κ3) is 3.24. The van der Waals surface area contributed by atoms with Crippen LogP contribution in [0.15, 0.2) is 66.7 Å². The van der Waals surface area contributed by atoms with Crippen molar-refractivity contribution in [3.63, 3.8) is 0 Å². The number of amides is 1. The first-order chi connectivity index (χ1) is 9.22. The van der Waals surface area contributed by atoms with Crippen molar-refractivity contribution in [2.45, 2.75) is 6.92 Å². The van der Waals surface area contributed by atoms with Crippen LogP contribution >= 0.6 is 11.6 Å². The molecule has 0 radical (unpaired) electrons. The van der Waals surface area contributed by atoms with Crippen LogP contribution in [0, 0.1) is 0 Å². The van der Waals surface area contributed by atoms with Crippen LogP contribution in [0.1, 0.15) is 6.92 Å². The van der Waals surface area contributed by atoms with E-state index in [2.05, 4.69) is 0 Å². The summed E-state index contributed by atoms with van der Waals surface area (Å²) in [6.07, 6.45) is 3.27. The van der Waals surface area contributed by atoms with Crippen LogP contribution in [0.4, 0.5) is 11.4 Å². The number of carbonyl (C=O) groups is 1. The van der Waals surface area contributed by atoms with Crippen molar-refractivity contribution in [3.05, 3.63) is 71.8 Å². The molecule has 0 fully saturated rings. The monoisotopic (exact) mass is 271 g/mol. The zero-order valence-electron chi connectivity index (χ0n) is 10.6. The van der Waals surface area contributed by atoms with Crippen LogP contribution in [-0.4, -0.2) is 5.91 Å². The molecule has 0 aromatic heterocycles. The van der Waals surface area contributed by atoms with E-state index in [1.54, 1.807) is 29.2 Å². The zero-order valence-corrected chi connectivity index (χ0v) is 11.3. The van der Waals surface area contributed by atoms with Crippen molar-refractivity contribution in [3.8, 4) is 0 Å². The summed E-state index contributed by atoms with van der Waals surface area (Å²) in [5, 5.41) is 0.648. The molecule has 0 aliphatic rings. The Labute approximate surface area is 117 Å². The maximum absolute atomic E-state index is 12.2. The van der Waals surface area contributed by atoms with Crippen LogP contribution in [0.5, 0.6) is 0 Å². The molecule has 19 heavy (non-hydrogen) atoms. The lowest BCUT2D eigenvalue weighted by Crippen LogP contribution is -2.23. The molecular weight excluding hydrogens is 258 g/mol. The molecular formula is C16H14ClNO. The first-order valence-corrected chi connectivity index (χ1v) is 6.37. The summed E-state index contributed by atoms with van der Waals surface area (Å²) in [6.45, 7) is 1.82. The minimum absolute atomic E-state index is 0.0870. The number of allylic oxidation sites excluding steroid dienone is 1. The van der Waals surface area contributed by atoms with Gasteiger partial charge in [-0.05, 0) is 49.4 Å². The SMILES string of the molecule is CC=CC(=O)N(c1ccccc1)c1ccc(Cl)cc1. The van der Waals surface area contributed by atoms with Crippen LogP contribution < -0.4 is 4.90 Å². The Hall–Kier alpha value is -2.06. The van der Waals surface area contributed by atoms with Crippen molar-refractivity contribution < 1.29 is 4.79 Å². The van der Waals surface area contributed by atoms with E-state index in [9.17, 15) is 4.79 Å². The molecule has 0 bridgehead atoms. The van der Waals surface area contributed by atoms with E-state index in [1.807, 2.05) is 49.4 Å². The smallest absolute Gasteiger partial charge is 0.255 e. The average molecular weight is 272 g/mol. The highest BCUT2D eigenvalue weighted by molar-refractivity contribution is 6.30. The normalized spacial score (nSPS) is 10.6. The van der Waals surface area contributed by atoms with Gasteiger partial charge in [0.2, 0.25) is 0 Å². The van der Waals surface area contributed by atoms with Gasteiger partial charge in [-0.2, -0.15) is 0 Å². The lowest BCUT2D eigenvalue weighted by atomic mass is 10.2. The van der Waals surface area contributed by atoms with Gasteiger partial charge in [0.1, 0.15) is 0 Å². The largest absolute Gasteiger partial charge is 0.278 e. The molecule has 2 rings (SSSR count). The van der Waals surface area contributed by atoms with Crippen LogP contribution in [0.25, 0.3) is 0 Å². The highest BCUT2D eigenvalue weighted by atomic mass is 35.5. The number of anilines is 2. The number of benzene rings is 2. The molecule has 0 N–H and O–H groups in total. The van der Waals surface area contributed by atoms with Crippen LogP contribution in [-0.2, 0) is 4.79 Å². The number of carbonyl (C=O) groups excluding carboxylic acids is 1. The van der Waals surface area contributed by atoms with Crippen molar-refractivity contribution in [1.29, 1.82) is 0 Å². The Balaban J connectivity index is 2.45. The van der Waals surface area contributed by atoms with Crippen LogP contribution in [0.2, 0.25) is 5.02 Å². The summed E-state index contributed by atoms with van der Waals surface area (Å²) in [7, 11) is 0. The van der Waals surface area contributed by atoms with Gasteiger partial charge in [0, 0.05) is 16.4 Å². The maximum Gasteiger partial charge on any atom is 0.255 e. The molecule has 0 unspecified atom stereocenters. The zero-order chi connectivity index (χ0) is 13.7. The lowest BCUT2D eigenvalue weighted by molar-refractivity contribution is -0.113. The molecule has 3 heteroatoms. The number of para-hydroxylation sites is 1. The molecule has 0 spiro atoms. The van der Waals surface area contributed by atoms with E-state index in [4.69, 9.17) is 11.6 Å². The fourth-order valence-electron chi connectivity index (χ4n) is 1.79. The maximum atomic E-state index is 12.2. The van der Waals surface area contributed by atoms with E-state index < -0.39 is 0 Å². The Morgan fingerprint density at radius 2 is 1.58 bits per heavy atom. The Kier molecular flexibility index (Phi) is 4.37. The second-order valence-corrected chi connectivity index (χ2v) is 4.42. The number of nitrogens with zero attached hydrogens (tertiary/aromatic N) is 1. The number of hydrogen-bond donors (Lipinski definition) is 0. The van der Waals surface area contributed by atoms with Gasteiger partial charge >= 0.3 is 0 Å². The molecule has 96 valence electrons. The standard InChI is InChI=1S/C16H14ClNO/c1-2-6-16(19)18(14-7-4-3-5-8-14)15-11-9-13(17)10-12-15/h2-12H,1H3. The first kappa shape index (κ1) is 13.4. The molecule has 0 heterocycles. The number of hydrogen-bond acceptors (Lipinski definition) is 1. The summed E-state index contributed by atoms with van der Waals surface area (Å²) in [5.74, 6) is -0.0870. The summed E-state index contributed by atoms with van der Waals surface area (Å²) < 4.78 is 0. The number of rotatable bonds is 3. The predicted octanol–water partition coefficient (Wildman–Crippen LogP) is 4.58. The summed E-state index contributed by atoms with van der Waals surface area (Å²) in [4.78, 5) is 13.9. The molecule has 0 aliphatic carbocycles. The predicted molar refractivity (Wildman–Crippen MR) is 79.9 cm³/mol. The molecule has 0 saturated heterocycles. The van der Waals surface area contributed by atoms with Crippen molar-refractivity contribution in [2.24, 2.45) is 0 Å². The molecule has 0 atom stereocenters. The van der Waals surface area contributed by atoms with Gasteiger partial charge < -0.3 is 0 Å². The fourth-order valence-corrected chi connectivity index (χ4v) is 1.91. The molecule has 0 saturated carbocycles. The highest BCUT2D eigenvalue weighted by Gasteiger charge is 2.14. The Morgan fingerprint density at radius 3 is 2.16 bits per heavy atom. The minimum Gasteiger partial charge on any atom is -0.278 e. The van der Waals surface area contributed by atoms with E-state index >= 15 is 0 Å². The Bertz CT molecular complexity index is 575. The first-order valence-electron chi connectivity index (χ1n) is 6.00. The van der Waals surface area contributed by atoms with Gasteiger partial charge in [-0.1, -0.05) is 35.9 Å². The second kappa shape index (κ2) is 6.21. The van der Waals surface area contributed by atoms with Crippen molar-refractivity contribution >= 4 is 28.9 Å². The summed E-state index contributed by atoms with van der Waals surface area (Å²) in [6, 6.07) is 16.7. The molecule has 0 aliphatic heterocycles. The molecule has 1 amide bonds. The third-order valence-corrected chi connectivity index (χ3v) is 2.88. The summed E-state index contributed by atoms with van der Waals surface area (Å²) in [5.41, 5.74) is 1.62. The average Bonchev–Trinajstić information content (AvgIpc) is 2.43. The Morgan fingerprint density at radius 1 is 1.00 bits per heavy atom. The van der Waals surface area contributed by atoms with E-state index in [0.29, 0.717) is 5.02 Å².